The molecule has 0 spiro atoms. The lowest BCUT2D eigenvalue weighted by atomic mass is 10.2. The van der Waals surface area contributed by atoms with E-state index in [9.17, 15) is 13.2 Å². The number of rotatable bonds is 5. The van der Waals surface area contributed by atoms with Crippen LogP contribution in [0.15, 0.2) is 41.3 Å². The Labute approximate surface area is 197 Å². The maximum Gasteiger partial charge on any atom is 0.243 e. The molecular weight excluding hydrogens is 477 g/mol. The summed E-state index contributed by atoms with van der Waals surface area (Å²) >= 11 is 12.0. The topological polar surface area (TPSA) is 88.2 Å². The third kappa shape index (κ3) is 4.97. The van der Waals surface area contributed by atoms with Gasteiger partial charge in [0.25, 0.3) is 0 Å². The van der Waals surface area contributed by atoms with E-state index >= 15 is 0 Å². The van der Waals surface area contributed by atoms with Crippen molar-refractivity contribution in [2.24, 2.45) is 0 Å². The maximum absolute atomic E-state index is 13.1. The van der Waals surface area contributed by atoms with Crippen molar-refractivity contribution in [2.45, 2.75) is 17.9 Å². The minimum absolute atomic E-state index is 0.166. The number of amides is 1. The van der Waals surface area contributed by atoms with E-state index in [1.807, 2.05) is 4.90 Å². The van der Waals surface area contributed by atoms with E-state index in [1.54, 1.807) is 31.2 Å². The number of sulfonamides is 1. The van der Waals surface area contributed by atoms with Crippen LogP contribution < -0.4 is 14.8 Å². The molecule has 0 aromatic heterocycles. The summed E-state index contributed by atoms with van der Waals surface area (Å²) in [6.07, 6.45) is 0. The number of fused-ring (bicyclic) bond motifs is 1. The second-order valence-corrected chi connectivity index (χ2v) is 10.4. The number of hydrogen-bond acceptors (Lipinski definition) is 6. The van der Waals surface area contributed by atoms with Gasteiger partial charge in [-0.3, -0.25) is 9.69 Å². The van der Waals surface area contributed by atoms with Gasteiger partial charge in [-0.2, -0.15) is 4.31 Å². The Morgan fingerprint density at radius 3 is 2.25 bits per heavy atom. The molecule has 4 rings (SSSR count). The van der Waals surface area contributed by atoms with Crippen molar-refractivity contribution >= 4 is 44.8 Å². The Hall–Kier alpha value is -2.04. The van der Waals surface area contributed by atoms with Crippen molar-refractivity contribution < 1.29 is 22.7 Å². The predicted molar refractivity (Wildman–Crippen MR) is 122 cm³/mol. The van der Waals surface area contributed by atoms with Gasteiger partial charge in [-0.25, -0.2) is 8.42 Å². The summed E-state index contributed by atoms with van der Waals surface area (Å²) in [7, 11) is -3.68. The molecule has 172 valence electrons. The third-order valence-electron chi connectivity index (χ3n) is 5.48. The number of nitrogens with zero attached hydrogens (tertiary/aromatic N) is 2. The predicted octanol–water partition coefficient (Wildman–Crippen LogP) is 3.10. The number of halogens is 2. The van der Waals surface area contributed by atoms with Crippen LogP contribution in [0.3, 0.4) is 0 Å². The number of hydrogen-bond donors (Lipinski definition) is 1. The Morgan fingerprint density at radius 2 is 1.59 bits per heavy atom. The summed E-state index contributed by atoms with van der Waals surface area (Å²) in [5.41, 5.74) is 0.513. The lowest BCUT2D eigenvalue weighted by Crippen LogP contribution is -2.53. The largest absolute Gasteiger partial charge is 0.486 e. The highest BCUT2D eigenvalue weighted by atomic mass is 35.5. The Bertz CT molecular complexity index is 1100. The van der Waals surface area contributed by atoms with Crippen LogP contribution in [0.4, 0.5) is 5.69 Å². The molecule has 1 N–H and O–H groups in total. The zero-order chi connectivity index (χ0) is 22.9. The number of piperazine rings is 1. The van der Waals surface area contributed by atoms with E-state index in [0.29, 0.717) is 53.5 Å². The van der Waals surface area contributed by atoms with Gasteiger partial charge in [-0.15, -0.1) is 0 Å². The summed E-state index contributed by atoms with van der Waals surface area (Å²) < 4.78 is 38.6. The molecule has 0 saturated carbocycles. The SMILES string of the molecule is C[C@@H](C(=O)Nc1cc(Cl)cc(Cl)c1)N1CCN(S(=O)(=O)c2ccc3c(c2)OCCO3)CC1. The Morgan fingerprint density at radius 1 is 0.969 bits per heavy atom. The first-order valence-electron chi connectivity index (χ1n) is 10.1. The summed E-state index contributed by atoms with van der Waals surface area (Å²) in [4.78, 5) is 14.8. The summed E-state index contributed by atoms with van der Waals surface area (Å²) in [6, 6.07) is 9.03. The molecule has 32 heavy (non-hydrogen) atoms. The van der Waals surface area contributed by atoms with Gasteiger partial charge in [0, 0.05) is 48.0 Å². The number of anilines is 1. The van der Waals surface area contributed by atoms with Crippen molar-refractivity contribution in [3.8, 4) is 11.5 Å². The number of carbonyl (C=O) groups excluding carboxylic acids is 1. The molecule has 0 aliphatic carbocycles. The number of carbonyl (C=O) groups is 1. The zero-order valence-corrected chi connectivity index (χ0v) is 19.7. The summed E-state index contributed by atoms with van der Waals surface area (Å²) in [5.74, 6) is 0.759. The van der Waals surface area contributed by atoms with Crippen LogP contribution in [0, 0.1) is 0 Å². The lowest BCUT2D eigenvalue weighted by Gasteiger charge is -2.36. The van der Waals surface area contributed by atoms with Gasteiger partial charge in [0.1, 0.15) is 13.2 Å². The monoisotopic (exact) mass is 499 g/mol. The summed E-state index contributed by atoms with van der Waals surface area (Å²) in [6.45, 7) is 4.01. The number of nitrogens with one attached hydrogen (secondary N) is 1. The van der Waals surface area contributed by atoms with Crippen LogP contribution in [-0.2, 0) is 14.8 Å². The molecule has 1 saturated heterocycles. The van der Waals surface area contributed by atoms with E-state index in [1.165, 1.54) is 16.4 Å². The lowest BCUT2D eigenvalue weighted by molar-refractivity contribution is -0.121. The fourth-order valence-corrected chi connectivity index (χ4v) is 5.67. The molecule has 0 unspecified atom stereocenters. The van der Waals surface area contributed by atoms with Crippen molar-refractivity contribution in [1.29, 1.82) is 0 Å². The van der Waals surface area contributed by atoms with E-state index in [0.717, 1.165) is 0 Å². The van der Waals surface area contributed by atoms with Crippen LogP contribution in [0.5, 0.6) is 11.5 Å². The zero-order valence-electron chi connectivity index (χ0n) is 17.4. The Balaban J connectivity index is 1.38. The smallest absolute Gasteiger partial charge is 0.243 e. The third-order valence-corrected chi connectivity index (χ3v) is 7.81. The van der Waals surface area contributed by atoms with Crippen molar-refractivity contribution in [1.82, 2.24) is 9.21 Å². The van der Waals surface area contributed by atoms with Gasteiger partial charge in [0.15, 0.2) is 11.5 Å². The standard InChI is InChI=1S/C21H23Cl2N3O5S/c1-14(21(27)24-17-11-15(22)10-16(23)12-17)25-4-6-26(7-5-25)32(28,29)18-2-3-19-20(13-18)31-9-8-30-19/h2-3,10-14H,4-9H2,1H3,(H,24,27)/t14-/m0/s1. The maximum atomic E-state index is 13.1. The highest BCUT2D eigenvalue weighted by Gasteiger charge is 2.32. The van der Waals surface area contributed by atoms with Gasteiger partial charge in [-0.05, 0) is 37.3 Å². The molecule has 2 aromatic carbocycles. The van der Waals surface area contributed by atoms with Gasteiger partial charge in [-0.1, -0.05) is 23.2 Å². The van der Waals surface area contributed by atoms with E-state index < -0.39 is 16.1 Å². The molecule has 2 aliphatic heterocycles. The molecule has 11 heteroatoms. The fraction of sp³-hybridized carbons (Fsp3) is 0.381. The molecule has 1 amide bonds. The van der Waals surface area contributed by atoms with Crippen molar-refractivity contribution in [3.05, 3.63) is 46.4 Å². The van der Waals surface area contributed by atoms with Crippen molar-refractivity contribution in [2.75, 3.05) is 44.7 Å². The van der Waals surface area contributed by atoms with Crippen molar-refractivity contribution in [3.63, 3.8) is 0 Å². The Kier molecular flexibility index (Phi) is 6.83. The molecule has 0 radical (unpaired) electrons. The second-order valence-electron chi connectivity index (χ2n) is 7.57. The average Bonchev–Trinajstić information content (AvgIpc) is 2.77. The molecule has 2 aliphatic rings. The molecule has 1 atom stereocenters. The van der Waals surface area contributed by atoms with Gasteiger partial charge in [0.2, 0.25) is 15.9 Å². The first-order valence-corrected chi connectivity index (χ1v) is 12.3. The van der Waals surface area contributed by atoms with Crippen LogP contribution in [0.1, 0.15) is 6.92 Å². The molecule has 1 fully saturated rings. The summed E-state index contributed by atoms with van der Waals surface area (Å²) in [5, 5.41) is 3.67. The van der Waals surface area contributed by atoms with Crippen LogP contribution >= 0.6 is 23.2 Å². The van der Waals surface area contributed by atoms with E-state index in [-0.39, 0.29) is 23.9 Å². The number of benzene rings is 2. The van der Waals surface area contributed by atoms with E-state index in [4.69, 9.17) is 32.7 Å². The van der Waals surface area contributed by atoms with Gasteiger partial charge < -0.3 is 14.8 Å². The average molecular weight is 500 g/mol. The molecule has 8 nitrogen and oxygen atoms in total. The van der Waals surface area contributed by atoms with Gasteiger partial charge >= 0.3 is 0 Å². The minimum Gasteiger partial charge on any atom is -0.486 e. The van der Waals surface area contributed by atoms with E-state index in [2.05, 4.69) is 5.32 Å². The van der Waals surface area contributed by atoms with Crippen LogP contribution in [-0.4, -0.2) is 69.0 Å². The fourth-order valence-electron chi connectivity index (χ4n) is 3.70. The van der Waals surface area contributed by atoms with Crippen LogP contribution in [0.2, 0.25) is 10.0 Å². The normalized spacial score (nSPS) is 18.2. The highest BCUT2D eigenvalue weighted by molar-refractivity contribution is 7.89. The van der Waals surface area contributed by atoms with Gasteiger partial charge in [0.05, 0.1) is 10.9 Å². The first kappa shape index (κ1) is 23.1. The second kappa shape index (κ2) is 9.44. The molecule has 2 aromatic rings. The quantitative estimate of drug-likeness (QED) is 0.679. The number of ether oxygens (including phenoxy) is 2. The minimum atomic E-state index is -3.68. The molecule has 2 heterocycles. The molecule has 0 bridgehead atoms. The molecular formula is C21H23Cl2N3O5S. The van der Waals surface area contributed by atoms with Crippen LogP contribution in [0.25, 0.3) is 0 Å². The first-order chi connectivity index (χ1) is 15.2. The highest BCUT2D eigenvalue weighted by Crippen LogP contribution is 2.33.